The fourth-order valence-corrected chi connectivity index (χ4v) is 11.3. The zero-order valence-electron chi connectivity index (χ0n) is 54.3. The summed E-state index contributed by atoms with van der Waals surface area (Å²) < 4.78 is 137. The molecule has 1 aliphatic heterocycles. The van der Waals surface area contributed by atoms with Crippen molar-refractivity contribution in [1.82, 2.24) is 18.7 Å². The minimum atomic E-state index is -0.653. The monoisotopic (exact) mass is 989 g/mol. The number of pyridine rings is 1. The molecular weight excluding hydrogens is 927 g/mol. The van der Waals surface area contributed by atoms with Crippen LogP contribution in [0.5, 0.6) is 11.5 Å². The van der Waals surface area contributed by atoms with Crippen molar-refractivity contribution in [3.8, 4) is 78.9 Å². The second kappa shape index (κ2) is 16.9. The Bertz CT molecular complexity index is 5380. The topological polar surface area (TPSA) is 40.8 Å². The van der Waals surface area contributed by atoms with E-state index in [1.165, 1.54) is 0 Å². The fourth-order valence-electron chi connectivity index (χ4n) is 11.3. The van der Waals surface area contributed by atoms with Crippen LogP contribution in [0.25, 0.3) is 122 Å². The van der Waals surface area contributed by atoms with Crippen molar-refractivity contribution in [3.63, 3.8) is 0 Å². The molecule has 0 spiro atoms. The number of aromatic nitrogens is 5. The highest BCUT2D eigenvalue weighted by molar-refractivity contribution is 6.11. The molecule has 0 unspecified atom stereocenters. The van der Waals surface area contributed by atoms with Crippen LogP contribution in [0.3, 0.4) is 0 Å². The Labute approximate surface area is 458 Å². The second-order valence-electron chi connectivity index (χ2n) is 20.1. The van der Waals surface area contributed by atoms with Crippen molar-refractivity contribution >= 4 is 54.6 Å². The summed E-state index contributed by atoms with van der Waals surface area (Å²) in [7, 11) is 0. The fraction of sp³-hybridized carbons (Fsp3) is 0.0571. The van der Waals surface area contributed by atoms with Crippen LogP contribution in [-0.4, -0.2) is 18.7 Å². The van der Waals surface area contributed by atoms with E-state index in [1.807, 2.05) is 131 Å². The number of nitrogens with zero attached hydrogens (tertiary/aromatic N) is 5. The summed E-state index contributed by atoms with van der Waals surface area (Å²) in [6.45, 7) is 6.51. The Morgan fingerprint density at radius 1 is 0.447 bits per heavy atom. The lowest BCUT2D eigenvalue weighted by Gasteiger charge is -2.20. The first-order chi connectivity index (χ1) is 42.7. The van der Waals surface area contributed by atoms with Crippen molar-refractivity contribution in [3.05, 3.63) is 254 Å². The molecule has 0 atom stereocenters. The number of hydrogen-bond acceptors (Lipinski definition) is 2. The van der Waals surface area contributed by atoms with Crippen LogP contribution in [-0.2, 0) is 5.41 Å². The van der Waals surface area contributed by atoms with E-state index in [-0.39, 0.29) is 55.6 Å². The van der Waals surface area contributed by atoms with Crippen LogP contribution in [0.15, 0.2) is 249 Å². The van der Waals surface area contributed by atoms with Gasteiger partial charge in [-0.15, -0.1) is 0 Å². The summed E-state index contributed by atoms with van der Waals surface area (Å²) in [5.41, 5.74) is 5.78. The van der Waals surface area contributed by atoms with Crippen LogP contribution in [0, 0.1) is 0 Å². The Hall–Kier alpha value is -9.78. The molecular formula is C70H50N5O+. The molecule has 5 heterocycles. The van der Waals surface area contributed by atoms with Gasteiger partial charge in [0.15, 0.2) is 11.0 Å². The van der Waals surface area contributed by atoms with E-state index < -0.39 is 78.6 Å². The third-order valence-corrected chi connectivity index (χ3v) is 14.7. The van der Waals surface area contributed by atoms with Gasteiger partial charge in [0.1, 0.15) is 28.7 Å². The molecule has 0 saturated heterocycles. The van der Waals surface area contributed by atoms with Crippen LogP contribution in [0.2, 0.25) is 0 Å². The average Bonchev–Trinajstić information content (AvgIpc) is 1.64. The Morgan fingerprint density at radius 2 is 1.01 bits per heavy atom. The number of para-hydroxylation sites is 4. The highest BCUT2D eigenvalue weighted by Crippen LogP contribution is 2.47. The van der Waals surface area contributed by atoms with Crippen molar-refractivity contribution in [1.29, 1.82) is 0 Å². The predicted octanol–water partition coefficient (Wildman–Crippen LogP) is 17.6. The van der Waals surface area contributed by atoms with E-state index in [1.54, 1.807) is 35.2 Å². The highest BCUT2D eigenvalue weighted by atomic mass is 16.5. The number of imidazole rings is 1. The molecule has 0 fully saturated rings. The normalized spacial score (nSPS) is 14.5. The minimum absolute atomic E-state index is 0.0515. The van der Waals surface area contributed by atoms with Gasteiger partial charge in [0.25, 0.3) is 6.33 Å². The number of fused-ring (bicyclic) bond motifs is 13. The van der Waals surface area contributed by atoms with Gasteiger partial charge in [-0.25, -0.2) is 4.98 Å². The number of ether oxygens (including phenoxy) is 1. The zero-order chi connectivity index (χ0) is 62.0. The SMILES string of the molecule is [2H]c1c([2H])c([2H])c(-c2cc(-n3c4ccccc4c4ccccc43)cc3c2-[n+]2cn(-c4cccc(Oc5ccc6c7ccccc7n(-c7cc(C(C)(C)C)ccn7)c6c5)c4)c4cccc(c42)-c2c([2H])c([2H])c([2H])c([2H])c2-c2c([2H])c([2H])c([2H])c([2H])c2-3)c([2H])c1[2H]. The maximum atomic E-state index is 10.0. The van der Waals surface area contributed by atoms with Gasteiger partial charge in [0, 0.05) is 62.3 Å². The Kier molecular flexibility index (Phi) is 7.20. The van der Waals surface area contributed by atoms with Gasteiger partial charge in [-0.3, -0.25) is 4.57 Å². The molecule has 0 bridgehead atoms. The maximum absolute atomic E-state index is 10.0. The van der Waals surface area contributed by atoms with Gasteiger partial charge in [-0.05, 0) is 118 Å². The molecule has 0 saturated carbocycles. The van der Waals surface area contributed by atoms with E-state index >= 15 is 0 Å². The third kappa shape index (κ3) is 6.80. The lowest BCUT2D eigenvalue weighted by molar-refractivity contribution is -0.566. The maximum Gasteiger partial charge on any atom is 0.255 e. The number of rotatable bonds is 6. The van der Waals surface area contributed by atoms with Crippen LogP contribution in [0.1, 0.15) is 44.2 Å². The van der Waals surface area contributed by atoms with Gasteiger partial charge in [-0.2, -0.15) is 9.13 Å². The van der Waals surface area contributed by atoms with E-state index in [4.69, 9.17) is 13.8 Å². The molecule has 14 aromatic rings. The summed E-state index contributed by atoms with van der Waals surface area (Å²) in [4.78, 5) is 4.87. The van der Waals surface area contributed by atoms with E-state index in [9.17, 15) is 13.7 Å². The quantitative estimate of drug-likeness (QED) is 0.156. The van der Waals surface area contributed by atoms with Gasteiger partial charge >= 0.3 is 0 Å². The van der Waals surface area contributed by atoms with Crippen LogP contribution < -0.4 is 9.30 Å². The predicted molar refractivity (Wildman–Crippen MR) is 312 cm³/mol. The third-order valence-electron chi connectivity index (χ3n) is 14.7. The zero-order valence-corrected chi connectivity index (χ0v) is 41.3. The van der Waals surface area contributed by atoms with E-state index in [2.05, 4.69) is 43.5 Å². The van der Waals surface area contributed by atoms with Crippen LogP contribution in [0.4, 0.5) is 0 Å². The second-order valence-corrected chi connectivity index (χ2v) is 20.1. The number of hydrogen-bond donors (Lipinski definition) is 0. The molecule has 76 heavy (non-hydrogen) atoms. The molecule has 0 N–H and O–H groups in total. The van der Waals surface area contributed by atoms with Gasteiger partial charge in [0.05, 0.1) is 39.9 Å². The van der Waals surface area contributed by atoms with E-state index in [0.717, 1.165) is 55.0 Å². The summed E-state index contributed by atoms with van der Waals surface area (Å²) >= 11 is 0. The largest absolute Gasteiger partial charge is 0.457 e. The molecule has 360 valence electrons. The molecule has 4 aromatic heterocycles. The van der Waals surface area contributed by atoms with Gasteiger partial charge < -0.3 is 9.30 Å². The lowest BCUT2D eigenvalue weighted by atomic mass is 9.88. The summed E-state index contributed by atoms with van der Waals surface area (Å²) in [5, 5.41) is 3.80. The first kappa shape index (κ1) is 32.4. The molecule has 6 nitrogen and oxygen atoms in total. The average molecular weight is 990 g/mol. The van der Waals surface area contributed by atoms with Crippen molar-refractivity contribution in [2.45, 2.75) is 26.2 Å². The Morgan fingerprint density at radius 3 is 1.70 bits per heavy atom. The summed E-state index contributed by atoms with van der Waals surface area (Å²) in [6, 6.07) is 42.3. The van der Waals surface area contributed by atoms with Crippen LogP contribution >= 0.6 is 0 Å². The number of benzene rings is 10. The van der Waals surface area contributed by atoms with Gasteiger partial charge in [-0.1, -0.05) is 166 Å². The molecule has 0 aliphatic carbocycles. The van der Waals surface area contributed by atoms with E-state index in [0.29, 0.717) is 33.9 Å². The molecule has 6 heteroatoms. The first-order valence-corrected chi connectivity index (χ1v) is 25.0. The lowest BCUT2D eigenvalue weighted by Crippen LogP contribution is -2.31. The summed E-state index contributed by atoms with van der Waals surface area (Å²) in [5.74, 6) is 1.74. The smallest absolute Gasteiger partial charge is 0.255 e. The molecule has 1 aliphatic rings. The van der Waals surface area contributed by atoms with Gasteiger partial charge in [0.2, 0.25) is 0 Å². The molecule has 0 radical (unpaired) electrons. The standard InChI is InChI=1S/C70H50N5O/c1-70(2,3)46-37-38-71-67(39-46)75-64-33-16-13-29-57(64)58-36-35-50(43-66(58)75)76-49-22-17-21-47(40-49)72-44-73-68-60(45-19-5-4-6-20-45)41-48(74-62-31-14-11-27-55(62)56-28-12-15-32-63(56)74)42-61(68)54-26-10-8-24-52(54)51-23-7-9-25-53(51)59-30-18-34-65(72)69(59)73/h4-44H,1-3H3/q+1/i4D,5D,6D,7D,8D,9D,10D,19D,20D,23D,24D,25D,26D. The van der Waals surface area contributed by atoms with Crippen molar-refractivity contribution in [2.24, 2.45) is 0 Å². The molecule has 0 amide bonds. The molecule has 15 rings (SSSR count). The van der Waals surface area contributed by atoms with Crippen molar-refractivity contribution in [2.75, 3.05) is 0 Å². The minimum Gasteiger partial charge on any atom is -0.457 e. The Balaban J connectivity index is 1.05. The first-order valence-electron chi connectivity index (χ1n) is 31.5. The summed E-state index contributed by atoms with van der Waals surface area (Å²) in [6.07, 6.45) is 3.58. The molecule has 10 aromatic carbocycles. The highest BCUT2D eigenvalue weighted by Gasteiger charge is 2.32. The van der Waals surface area contributed by atoms with Crippen molar-refractivity contribution < 1.29 is 27.1 Å².